The van der Waals surface area contributed by atoms with E-state index in [1.165, 1.54) is 51.7 Å². The average molecular weight is 283 g/mol. The van der Waals surface area contributed by atoms with Gasteiger partial charge in [-0.2, -0.15) is 0 Å². The Bertz CT molecular complexity index is 252. The molecular weight excluding hydrogens is 244 g/mol. The Morgan fingerprint density at radius 2 is 1.70 bits per heavy atom. The van der Waals surface area contributed by atoms with Crippen LogP contribution in [0.3, 0.4) is 0 Å². The van der Waals surface area contributed by atoms with Crippen LogP contribution >= 0.6 is 0 Å². The smallest absolute Gasteiger partial charge is 0.00966 e. The van der Waals surface area contributed by atoms with Gasteiger partial charge in [0, 0.05) is 25.2 Å². The van der Waals surface area contributed by atoms with Crippen LogP contribution in [0.15, 0.2) is 0 Å². The highest BCUT2D eigenvalue weighted by atomic mass is 15.2. The molecule has 1 rings (SSSR count). The Labute approximate surface area is 127 Å². The molecule has 1 fully saturated rings. The SMILES string of the molecule is CCC(CC)(CNC(C)C)CN(CCC(C)C)C1CC1. The third kappa shape index (κ3) is 6.13. The highest BCUT2D eigenvalue weighted by molar-refractivity contribution is 4.91. The van der Waals surface area contributed by atoms with Gasteiger partial charge in [0.05, 0.1) is 0 Å². The molecule has 0 saturated heterocycles. The molecule has 0 aliphatic heterocycles. The van der Waals surface area contributed by atoms with Gasteiger partial charge in [0.15, 0.2) is 0 Å². The summed E-state index contributed by atoms with van der Waals surface area (Å²) < 4.78 is 0. The van der Waals surface area contributed by atoms with Crippen LogP contribution in [0, 0.1) is 11.3 Å². The maximum absolute atomic E-state index is 3.69. The molecular formula is C18H38N2. The van der Waals surface area contributed by atoms with E-state index >= 15 is 0 Å². The highest BCUT2D eigenvalue weighted by Crippen LogP contribution is 2.34. The van der Waals surface area contributed by atoms with E-state index in [0.29, 0.717) is 11.5 Å². The zero-order valence-electron chi connectivity index (χ0n) is 14.8. The van der Waals surface area contributed by atoms with E-state index in [9.17, 15) is 0 Å². The summed E-state index contributed by atoms with van der Waals surface area (Å²) >= 11 is 0. The predicted octanol–water partition coefficient (Wildman–Crippen LogP) is 4.30. The molecule has 1 saturated carbocycles. The van der Waals surface area contributed by atoms with Crippen LogP contribution in [0.5, 0.6) is 0 Å². The number of rotatable bonds is 11. The summed E-state index contributed by atoms with van der Waals surface area (Å²) in [6.45, 7) is 17.7. The normalized spacial score (nSPS) is 16.6. The summed E-state index contributed by atoms with van der Waals surface area (Å²) in [5.74, 6) is 0.822. The number of nitrogens with one attached hydrogen (secondary N) is 1. The lowest BCUT2D eigenvalue weighted by Gasteiger charge is -2.38. The molecule has 1 aliphatic rings. The summed E-state index contributed by atoms with van der Waals surface area (Å²) in [5.41, 5.74) is 0.462. The van der Waals surface area contributed by atoms with Crippen molar-refractivity contribution in [3.63, 3.8) is 0 Å². The number of nitrogens with zero attached hydrogens (tertiary/aromatic N) is 1. The summed E-state index contributed by atoms with van der Waals surface area (Å²) in [6, 6.07) is 1.49. The molecule has 0 bridgehead atoms. The van der Waals surface area contributed by atoms with E-state index in [1.807, 2.05) is 0 Å². The maximum Gasteiger partial charge on any atom is 0.00966 e. The van der Waals surface area contributed by atoms with Crippen LogP contribution in [0.2, 0.25) is 0 Å². The van der Waals surface area contributed by atoms with Crippen molar-refractivity contribution in [1.29, 1.82) is 0 Å². The molecule has 0 aromatic carbocycles. The van der Waals surface area contributed by atoms with Gasteiger partial charge in [-0.1, -0.05) is 41.5 Å². The summed E-state index contributed by atoms with van der Waals surface area (Å²) in [7, 11) is 0. The highest BCUT2D eigenvalue weighted by Gasteiger charge is 2.35. The largest absolute Gasteiger partial charge is 0.314 e. The molecule has 0 radical (unpaired) electrons. The van der Waals surface area contributed by atoms with Crippen molar-refractivity contribution < 1.29 is 0 Å². The third-order valence-corrected chi connectivity index (χ3v) is 4.98. The summed E-state index contributed by atoms with van der Waals surface area (Å²) in [5, 5.41) is 3.69. The van der Waals surface area contributed by atoms with Crippen LogP contribution in [-0.2, 0) is 0 Å². The molecule has 120 valence electrons. The van der Waals surface area contributed by atoms with E-state index in [1.54, 1.807) is 0 Å². The van der Waals surface area contributed by atoms with Crippen molar-refractivity contribution in [3.8, 4) is 0 Å². The Kier molecular flexibility index (Phi) is 7.53. The Morgan fingerprint density at radius 3 is 2.10 bits per heavy atom. The first-order valence-electron chi connectivity index (χ1n) is 8.90. The van der Waals surface area contributed by atoms with E-state index in [4.69, 9.17) is 0 Å². The molecule has 20 heavy (non-hydrogen) atoms. The average Bonchev–Trinajstić information content (AvgIpc) is 3.23. The zero-order valence-corrected chi connectivity index (χ0v) is 14.8. The van der Waals surface area contributed by atoms with Gasteiger partial charge in [-0.25, -0.2) is 0 Å². The molecule has 0 aromatic rings. The van der Waals surface area contributed by atoms with Crippen LogP contribution in [-0.4, -0.2) is 36.6 Å². The van der Waals surface area contributed by atoms with Crippen LogP contribution in [0.25, 0.3) is 0 Å². The van der Waals surface area contributed by atoms with Crippen molar-refractivity contribution in [2.75, 3.05) is 19.6 Å². The second kappa shape index (κ2) is 8.38. The molecule has 1 aliphatic carbocycles. The second-order valence-corrected chi connectivity index (χ2v) is 7.63. The molecule has 2 nitrogen and oxygen atoms in total. The molecule has 1 N–H and O–H groups in total. The van der Waals surface area contributed by atoms with E-state index < -0.39 is 0 Å². The van der Waals surface area contributed by atoms with E-state index in [0.717, 1.165) is 12.0 Å². The van der Waals surface area contributed by atoms with Crippen molar-refractivity contribution in [1.82, 2.24) is 10.2 Å². The fraction of sp³-hybridized carbons (Fsp3) is 1.00. The fourth-order valence-electron chi connectivity index (χ4n) is 2.89. The van der Waals surface area contributed by atoms with Crippen LogP contribution in [0.4, 0.5) is 0 Å². The third-order valence-electron chi connectivity index (χ3n) is 4.98. The minimum Gasteiger partial charge on any atom is -0.314 e. The second-order valence-electron chi connectivity index (χ2n) is 7.63. The molecule has 0 amide bonds. The standard InChI is InChI=1S/C18H38N2/c1-7-18(8-2,13-19-16(5)6)14-20(17-9-10-17)12-11-15(3)4/h15-17,19H,7-14H2,1-6H3. The monoisotopic (exact) mass is 282 g/mol. The Hall–Kier alpha value is -0.0800. The van der Waals surface area contributed by atoms with Gasteiger partial charge >= 0.3 is 0 Å². The van der Waals surface area contributed by atoms with Gasteiger partial charge in [-0.05, 0) is 50.0 Å². The van der Waals surface area contributed by atoms with Gasteiger partial charge in [-0.3, -0.25) is 4.90 Å². The first-order chi connectivity index (χ1) is 9.42. The minimum atomic E-state index is 0.462. The first-order valence-corrected chi connectivity index (χ1v) is 8.90. The minimum absolute atomic E-state index is 0.462. The van der Waals surface area contributed by atoms with Gasteiger partial charge in [0.2, 0.25) is 0 Å². The molecule has 2 heteroatoms. The van der Waals surface area contributed by atoms with Gasteiger partial charge < -0.3 is 5.32 Å². The van der Waals surface area contributed by atoms with Crippen molar-refractivity contribution >= 4 is 0 Å². The first kappa shape index (κ1) is 18.0. The lowest BCUT2D eigenvalue weighted by atomic mass is 9.81. The summed E-state index contributed by atoms with van der Waals surface area (Å²) in [6.07, 6.45) is 6.78. The van der Waals surface area contributed by atoms with E-state index in [-0.39, 0.29) is 0 Å². The van der Waals surface area contributed by atoms with Crippen molar-refractivity contribution in [3.05, 3.63) is 0 Å². The number of hydrogen-bond acceptors (Lipinski definition) is 2. The van der Waals surface area contributed by atoms with Gasteiger partial charge in [-0.15, -0.1) is 0 Å². The number of hydrogen-bond donors (Lipinski definition) is 1. The molecule has 0 heterocycles. The Balaban J connectivity index is 2.59. The predicted molar refractivity (Wildman–Crippen MR) is 90.2 cm³/mol. The van der Waals surface area contributed by atoms with Crippen LogP contribution in [0.1, 0.15) is 73.6 Å². The van der Waals surface area contributed by atoms with Crippen molar-refractivity contribution in [2.24, 2.45) is 11.3 Å². The zero-order chi connectivity index (χ0) is 15.2. The molecule has 0 spiro atoms. The van der Waals surface area contributed by atoms with Crippen molar-refractivity contribution in [2.45, 2.75) is 85.7 Å². The van der Waals surface area contributed by atoms with Crippen LogP contribution < -0.4 is 5.32 Å². The molecule has 0 aromatic heterocycles. The quantitative estimate of drug-likeness (QED) is 0.608. The Morgan fingerprint density at radius 1 is 1.10 bits per heavy atom. The molecule has 0 atom stereocenters. The lowest BCUT2D eigenvalue weighted by Crippen LogP contribution is -2.46. The topological polar surface area (TPSA) is 15.3 Å². The van der Waals surface area contributed by atoms with E-state index in [2.05, 4.69) is 51.8 Å². The van der Waals surface area contributed by atoms with Gasteiger partial charge in [0.25, 0.3) is 0 Å². The maximum atomic E-state index is 3.69. The molecule has 0 unspecified atom stereocenters. The lowest BCUT2D eigenvalue weighted by molar-refractivity contribution is 0.121. The summed E-state index contributed by atoms with van der Waals surface area (Å²) in [4.78, 5) is 2.80. The van der Waals surface area contributed by atoms with Gasteiger partial charge in [0.1, 0.15) is 0 Å². The fourth-order valence-corrected chi connectivity index (χ4v) is 2.89.